The second-order valence-electron chi connectivity index (χ2n) is 7.17. The average Bonchev–Trinajstić information content (AvgIpc) is 2.16. The van der Waals surface area contributed by atoms with Crippen LogP contribution in [0.5, 0.6) is 0 Å². The summed E-state index contributed by atoms with van der Waals surface area (Å²) in [5.41, 5.74) is 6.82. The van der Waals surface area contributed by atoms with Crippen LogP contribution in [0.15, 0.2) is 0 Å². The van der Waals surface area contributed by atoms with Crippen LogP contribution in [0.2, 0.25) is 0 Å². The number of hydrogen-bond donors (Lipinski definition) is 1. The maximum absolute atomic E-state index is 6.37. The fourth-order valence-electron chi connectivity index (χ4n) is 3.35. The Kier molecular flexibility index (Phi) is 5.30. The summed E-state index contributed by atoms with van der Waals surface area (Å²) in [6.45, 7) is 9.36. The van der Waals surface area contributed by atoms with Crippen LogP contribution in [0.1, 0.15) is 72.6 Å². The quantitative estimate of drug-likeness (QED) is 0.756. The molecule has 1 rings (SSSR count). The van der Waals surface area contributed by atoms with Gasteiger partial charge in [-0.25, -0.2) is 0 Å². The lowest BCUT2D eigenvalue weighted by Gasteiger charge is -2.31. The van der Waals surface area contributed by atoms with E-state index in [-0.39, 0.29) is 0 Å². The predicted molar refractivity (Wildman–Crippen MR) is 72.4 cm³/mol. The van der Waals surface area contributed by atoms with Crippen LogP contribution in [0, 0.1) is 17.3 Å². The third-order valence-corrected chi connectivity index (χ3v) is 3.89. The molecular weight excluding hydrogens is 194 g/mol. The summed E-state index contributed by atoms with van der Waals surface area (Å²) in [5, 5.41) is 0. The third-order valence-electron chi connectivity index (χ3n) is 3.89. The zero-order chi connectivity index (χ0) is 12.2. The van der Waals surface area contributed by atoms with E-state index >= 15 is 0 Å². The molecule has 0 radical (unpaired) electrons. The van der Waals surface area contributed by atoms with Crippen molar-refractivity contribution in [2.45, 2.75) is 78.7 Å². The van der Waals surface area contributed by atoms with Crippen molar-refractivity contribution >= 4 is 0 Å². The molecule has 2 N–H and O–H groups in total. The van der Waals surface area contributed by atoms with Gasteiger partial charge in [0.1, 0.15) is 0 Å². The van der Waals surface area contributed by atoms with E-state index in [4.69, 9.17) is 5.73 Å². The van der Waals surface area contributed by atoms with Crippen molar-refractivity contribution in [3.63, 3.8) is 0 Å². The minimum absolute atomic E-state index is 0.450. The summed E-state index contributed by atoms with van der Waals surface area (Å²) in [6, 6.07) is 0.456. The van der Waals surface area contributed by atoms with Crippen LogP contribution in [-0.2, 0) is 0 Å². The van der Waals surface area contributed by atoms with Crippen LogP contribution in [0.3, 0.4) is 0 Å². The molecule has 0 amide bonds. The lowest BCUT2D eigenvalue weighted by molar-refractivity contribution is 0.237. The van der Waals surface area contributed by atoms with Crippen molar-refractivity contribution in [1.82, 2.24) is 0 Å². The predicted octanol–water partition coefficient (Wildman–Crippen LogP) is 4.36. The van der Waals surface area contributed by atoms with E-state index in [9.17, 15) is 0 Å². The molecule has 1 aliphatic rings. The number of nitrogens with two attached hydrogens (primary N) is 1. The molecule has 1 heteroatoms. The molecule has 0 spiro atoms. The SMILES string of the molecule is CC(CC(N)C1CCCCC1)CC(C)(C)C. The number of rotatable bonds is 4. The molecule has 0 aromatic rings. The summed E-state index contributed by atoms with van der Waals surface area (Å²) in [4.78, 5) is 0. The topological polar surface area (TPSA) is 26.0 Å². The van der Waals surface area contributed by atoms with E-state index in [1.54, 1.807) is 0 Å². The van der Waals surface area contributed by atoms with Crippen LogP contribution in [0.25, 0.3) is 0 Å². The minimum Gasteiger partial charge on any atom is -0.327 e. The van der Waals surface area contributed by atoms with Gasteiger partial charge in [0, 0.05) is 6.04 Å². The highest BCUT2D eigenvalue weighted by atomic mass is 14.7. The summed E-state index contributed by atoms with van der Waals surface area (Å²) in [5.74, 6) is 1.59. The average molecular weight is 225 g/mol. The van der Waals surface area contributed by atoms with Gasteiger partial charge in [0.05, 0.1) is 0 Å². The number of hydrogen-bond acceptors (Lipinski definition) is 1. The molecule has 0 bridgehead atoms. The van der Waals surface area contributed by atoms with Gasteiger partial charge in [-0.3, -0.25) is 0 Å². The van der Waals surface area contributed by atoms with E-state index in [0.717, 1.165) is 11.8 Å². The molecule has 0 saturated heterocycles. The van der Waals surface area contributed by atoms with E-state index in [2.05, 4.69) is 27.7 Å². The third kappa shape index (κ3) is 5.34. The van der Waals surface area contributed by atoms with Crippen molar-refractivity contribution in [3.05, 3.63) is 0 Å². The molecule has 0 aliphatic heterocycles. The Morgan fingerprint density at radius 1 is 1.12 bits per heavy atom. The van der Waals surface area contributed by atoms with Crippen LogP contribution in [0.4, 0.5) is 0 Å². The first-order valence-corrected chi connectivity index (χ1v) is 7.14. The van der Waals surface area contributed by atoms with Gasteiger partial charge in [-0.2, -0.15) is 0 Å². The van der Waals surface area contributed by atoms with Crippen LogP contribution in [-0.4, -0.2) is 6.04 Å². The molecule has 1 fully saturated rings. The van der Waals surface area contributed by atoms with Gasteiger partial charge in [-0.15, -0.1) is 0 Å². The van der Waals surface area contributed by atoms with Gasteiger partial charge in [0.25, 0.3) is 0 Å². The Morgan fingerprint density at radius 3 is 2.19 bits per heavy atom. The molecule has 2 atom stereocenters. The highest BCUT2D eigenvalue weighted by molar-refractivity contribution is 4.79. The van der Waals surface area contributed by atoms with Gasteiger partial charge < -0.3 is 5.73 Å². The Morgan fingerprint density at radius 2 is 1.69 bits per heavy atom. The molecular formula is C15H31N. The molecule has 16 heavy (non-hydrogen) atoms. The highest BCUT2D eigenvalue weighted by Crippen LogP contribution is 2.31. The van der Waals surface area contributed by atoms with Gasteiger partial charge in [0.2, 0.25) is 0 Å². The van der Waals surface area contributed by atoms with E-state index in [1.807, 2.05) is 0 Å². The van der Waals surface area contributed by atoms with Gasteiger partial charge in [-0.1, -0.05) is 47.0 Å². The lowest BCUT2D eigenvalue weighted by Crippen LogP contribution is -2.33. The fourth-order valence-corrected chi connectivity index (χ4v) is 3.35. The Labute approximate surface area is 102 Å². The maximum atomic E-state index is 6.37. The first kappa shape index (κ1) is 14.0. The lowest BCUT2D eigenvalue weighted by atomic mass is 9.77. The van der Waals surface area contributed by atoms with Crippen molar-refractivity contribution in [1.29, 1.82) is 0 Å². The second-order valence-corrected chi connectivity index (χ2v) is 7.17. The van der Waals surface area contributed by atoms with Crippen molar-refractivity contribution in [2.24, 2.45) is 23.0 Å². The first-order chi connectivity index (χ1) is 7.38. The van der Waals surface area contributed by atoms with Crippen LogP contribution >= 0.6 is 0 Å². The normalized spacial score (nSPS) is 23.1. The molecule has 0 aromatic heterocycles. The van der Waals surface area contributed by atoms with Crippen LogP contribution < -0.4 is 5.73 Å². The standard InChI is InChI=1S/C15H31N/c1-12(11-15(2,3)4)10-14(16)13-8-6-5-7-9-13/h12-14H,5-11,16H2,1-4H3. The second kappa shape index (κ2) is 6.05. The highest BCUT2D eigenvalue weighted by Gasteiger charge is 2.23. The monoisotopic (exact) mass is 225 g/mol. The molecule has 2 unspecified atom stereocenters. The first-order valence-electron chi connectivity index (χ1n) is 7.14. The molecule has 1 nitrogen and oxygen atoms in total. The molecule has 1 aliphatic carbocycles. The van der Waals surface area contributed by atoms with Crippen molar-refractivity contribution < 1.29 is 0 Å². The summed E-state index contributed by atoms with van der Waals surface area (Å²) in [7, 11) is 0. The minimum atomic E-state index is 0.450. The molecule has 1 saturated carbocycles. The maximum Gasteiger partial charge on any atom is 0.00697 e. The molecule has 0 aromatic carbocycles. The molecule has 96 valence electrons. The van der Waals surface area contributed by atoms with Gasteiger partial charge in [0.15, 0.2) is 0 Å². The Bertz CT molecular complexity index is 186. The summed E-state index contributed by atoms with van der Waals surface area (Å²) < 4.78 is 0. The van der Waals surface area contributed by atoms with E-state index in [1.165, 1.54) is 44.9 Å². The zero-order valence-corrected chi connectivity index (χ0v) is 11.8. The van der Waals surface area contributed by atoms with E-state index < -0.39 is 0 Å². The van der Waals surface area contributed by atoms with Gasteiger partial charge >= 0.3 is 0 Å². The zero-order valence-electron chi connectivity index (χ0n) is 11.8. The largest absolute Gasteiger partial charge is 0.327 e. The van der Waals surface area contributed by atoms with Crippen molar-refractivity contribution in [2.75, 3.05) is 0 Å². The fraction of sp³-hybridized carbons (Fsp3) is 1.00. The molecule has 0 heterocycles. The Balaban J connectivity index is 2.29. The smallest absolute Gasteiger partial charge is 0.00697 e. The van der Waals surface area contributed by atoms with Gasteiger partial charge in [-0.05, 0) is 42.9 Å². The Hall–Kier alpha value is -0.0400. The summed E-state index contributed by atoms with van der Waals surface area (Å²) in [6.07, 6.45) is 9.53. The summed E-state index contributed by atoms with van der Waals surface area (Å²) >= 11 is 0. The van der Waals surface area contributed by atoms with Crippen molar-refractivity contribution in [3.8, 4) is 0 Å². The van der Waals surface area contributed by atoms with E-state index in [0.29, 0.717) is 11.5 Å².